The van der Waals surface area contributed by atoms with Gasteiger partial charge in [-0.2, -0.15) is 8.70 Å². The van der Waals surface area contributed by atoms with Gasteiger partial charge in [0.15, 0.2) is 0 Å². The van der Waals surface area contributed by atoms with E-state index in [2.05, 4.69) is 0 Å². The second-order valence-electron chi connectivity index (χ2n) is 4.12. The maximum Gasteiger partial charge on any atom is 0.322 e. The number of thioether (sulfide) groups is 1. The van der Waals surface area contributed by atoms with Crippen LogP contribution in [0.15, 0.2) is 23.1 Å². The quantitative estimate of drug-likeness (QED) is 0.640. The molecule has 1 unspecified atom stereocenters. The Kier molecular flexibility index (Phi) is 4.16. The molecular weight excluding hydrogens is 327 g/mol. The van der Waals surface area contributed by atoms with Gasteiger partial charge in [-0.15, -0.1) is 11.8 Å². The first-order chi connectivity index (χ1) is 9.75. The SMILES string of the molecule is O=C(O)C1CSCN1S(=O)(=O)c1ccc(F)c([N+](=O)[O-])c1. The number of carbonyl (C=O) groups is 1. The standard InChI is InChI=1S/C10H9FN2O6S2/c11-7-2-1-6(3-8(7)13(16)17)21(18,19)12-5-20-4-9(12)10(14)15/h1-3,9H,4-5H2,(H,14,15). The van der Waals surface area contributed by atoms with Crippen molar-refractivity contribution in [3.63, 3.8) is 0 Å². The average molecular weight is 336 g/mol. The van der Waals surface area contributed by atoms with Crippen LogP contribution in [0.3, 0.4) is 0 Å². The Morgan fingerprint density at radius 3 is 2.76 bits per heavy atom. The molecule has 0 saturated carbocycles. The molecule has 114 valence electrons. The van der Waals surface area contributed by atoms with Crippen LogP contribution in [0, 0.1) is 15.9 Å². The van der Waals surface area contributed by atoms with E-state index in [1.54, 1.807) is 0 Å². The Balaban J connectivity index is 2.47. The Morgan fingerprint density at radius 1 is 1.52 bits per heavy atom. The molecule has 1 aromatic carbocycles. The van der Waals surface area contributed by atoms with Gasteiger partial charge in [0.25, 0.3) is 0 Å². The number of nitro groups is 1. The highest BCUT2D eigenvalue weighted by molar-refractivity contribution is 8.00. The molecule has 11 heteroatoms. The van der Waals surface area contributed by atoms with Crippen molar-refractivity contribution in [2.45, 2.75) is 10.9 Å². The molecular formula is C10H9FN2O6S2. The van der Waals surface area contributed by atoms with Crippen LogP contribution < -0.4 is 0 Å². The van der Waals surface area contributed by atoms with Crippen LogP contribution in [0.5, 0.6) is 0 Å². The van der Waals surface area contributed by atoms with Crippen molar-refractivity contribution in [2.75, 3.05) is 11.6 Å². The number of hydrogen-bond donors (Lipinski definition) is 1. The van der Waals surface area contributed by atoms with E-state index in [0.717, 1.165) is 22.1 Å². The van der Waals surface area contributed by atoms with Crippen molar-refractivity contribution in [2.24, 2.45) is 0 Å². The fraction of sp³-hybridized carbons (Fsp3) is 0.300. The minimum absolute atomic E-state index is 0.0789. The van der Waals surface area contributed by atoms with E-state index in [0.29, 0.717) is 12.1 Å². The Labute approximate surface area is 122 Å². The van der Waals surface area contributed by atoms with Gasteiger partial charge in [-0.3, -0.25) is 14.9 Å². The van der Waals surface area contributed by atoms with Crippen molar-refractivity contribution in [3.05, 3.63) is 34.1 Å². The van der Waals surface area contributed by atoms with Crippen LogP contribution in [0.25, 0.3) is 0 Å². The lowest BCUT2D eigenvalue weighted by molar-refractivity contribution is -0.387. The first kappa shape index (κ1) is 15.7. The number of benzene rings is 1. The molecule has 1 N–H and O–H groups in total. The predicted molar refractivity (Wildman–Crippen MR) is 70.8 cm³/mol. The van der Waals surface area contributed by atoms with Crippen molar-refractivity contribution < 1.29 is 27.6 Å². The number of nitro benzene ring substituents is 1. The van der Waals surface area contributed by atoms with Gasteiger partial charge in [0.2, 0.25) is 15.8 Å². The molecule has 21 heavy (non-hydrogen) atoms. The summed E-state index contributed by atoms with van der Waals surface area (Å²) >= 11 is 1.11. The highest BCUT2D eigenvalue weighted by atomic mass is 32.2. The van der Waals surface area contributed by atoms with Crippen molar-refractivity contribution >= 4 is 33.4 Å². The maximum atomic E-state index is 13.2. The van der Waals surface area contributed by atoms with E-state index in [4.69, 9.17) is 5.11 Å². The molecule has 0 aromatic heterocycles. The van der Waals surface area contributed by atoms with Gasteiger partial charge in [-0.1, -0.05) is 0 Å². The van der Waals surface area contributed by atoms with Crippen LogP contribution in [-0.4, -0.2) is 46.4 Å². The number of carboxylic acids is 1. The summed E-state index contributed by atoms with van der Waals surface area (Å²) in [6.45, 7) is 0. The number of carboxylic acid groups (broad SMARTS) is 1. The minimum Gasteiger partial charge on any atom is -0.480 e. The summed E-state index contributed by atoms with van der Waals surface area (Å²) in [5.74, 6) is -2.47. The summed E-state index contributed by atoms with van der Waals surface area (Å²) < 4.78 is 38.7. The van der Waals surface area contributed by atoms with E-state index >= 15 is 0 Å². The monoisotopic (exact) mass is 336 g/mol. The van der Waals surface area contributed by atoms with Gasteiger partial charge < -0.3 is 5.11 Å². The van der Waals surface area contributed by atoms with Crippen LogP contribution in [0.2, 0.25) is 0 Å². The van der Waals surface area contributed by atoms with Crippen molar-refractivity contribution in [1.82, 2.24) is 4.31 Å². The zero-order chi connectivity index (χ0) is 15.8. The molecule has 1 fully saturated rings. The van der Waals surface area contributed by atoms with Gasteiger partial charge in [0.05, 0.1) is 15.7 Å². The topological polar surface area (TPSA) is 118 Å². The summed E-state index contributed by atoms with van der Waals surface area (Å²) in [5, 5.41) is 19.6. The zero-order valence-electron chi connectivity index (χ0n) is 10.3. The highest BCUT2D eigenvalue weighted by Crippen LogP contribution is 2.30. The largest absolute Gasteiger partial charge is 0.480 e. The molecule has 2 rings (SSSR count). The first-order valence-electron chi connectivity index (χ1n) is 5.51. The molecule has 0 bridgehead atoms. The van der Waals surface area contributed by atoms with Crippen LogP contribution in [0.1, 0.15) is 0 Å². The molecule has 1 aromatic rings. The summed E-state index contributed by atoms with van der Waals surface area (Å²) in [6.07, 6.45) is 0. The zero-order valence-corrected chi connectivity index (χ0v) is 11.9. The summed E-state index contributed by atoms with van der Waals surface area (Å²) in [7, 11) is -4.25. The Morgan fingerprint density at radius 2 is 2.19 bits per heavy atom. The third-order valence-electron chi connectivity index (χ3n) is 2.85. The normalized spacial score (nSPS) is 19.6. The summed E-state index contributed by atoms with van der Waals surface area (Å²) in [5.41, 5.74) is -0.977. The summed E-state index contributed by atoms with van der Waals surface area (Å²) in [6, 6.07) is 0.889. The third kappa shape index (κ3) is 2.84. The van der Waals surface area contributed by atoms with Crippen molar-refractivity contribution in [1.29, 1.82) is 0 Å². The van der Waals surface area contributed by atoms with Gasteiger partial charge in [-0.05, 0) is 12.1 Å². The van der Waals surface area contributed by atoms with Crippen LogP contribution >= 0.6 is 11.8 Å². The second-order valence-corrected chi connectivity index (χ2v) is 7.01. The lowest BCUT2D eigenvalue weighted by Crippen LogP contribution is -2.41. The van der Waals surface area contributed by atoms with Crippen molar-refractivity contribution in [3.8, 4) is 0 Å². The predicted octanol–water partition coefficient (Wildman–Crippen LogP) is 0.882. The lowest BCUT2D eigenvalue weighted by atomic mass is 10.3. The van der Waals surface area contributed by atoms with E-state index in [9.17, 15) is 27.7 Å². The fourth-order valence-electron chi connectivity index (χ4n) is 1.79. The first-order valence-corrected chi connectivity index (χ1v) is 8.11. The molecule has 0 aliphatic carbocycles. The molecule has 1 atom stereocenters. The summed E-state index contributed by atoms with van der Waals surface area (Å²) in [4.78, 5) is 20.1. The van der Waals surface area contributed by atoms with E-state index in [1.165, 1.54) is 0 Å². The molecule has 0 radical (unpaired) electrons. The molecule has 0 amide bonds. The third-order valence-corrected chi connectivity index (χ3v) is 5.87. The highest BCUT2D eigenvalue weighted by Gasteiger charge is 2.40. The molecule has 1 aliphatic heterocycles. The lowest BCUT2D eigenvalue weighted by Gasteiger charge is -2.19. The molecule has 1 heterocycles. The second kappa shape index (κ2) is 5.58. The van der Waals surface area contributed by atoms with Crippen LogP contribution in [0.4, 0.5) is 10.1 Å². The van der Waals surface area contributed by atoms with Gasteiger partial charge in [0.1, 0.15) is 6.04 Å². The van der Waals surface area contributed by atoms with Gasteiger partial charge >= 0.3 is 11.7 Å². The Bertz CT molecular complexity index is 707. The van der Waals surface area contributed by atoms with Crippen LogP contribution in [-0.2, 0) is 14.8 Å². The minimum atomic E-state index is -4.25. The van der Waals surface area contributed by atoms with Gasteiger partial charge in [0, 0.05) is 11.8 Å². The number of sulfonamides is 1. The number of aliphatic carboxylic acids is 1. The van der Waals surface area contributed by atoms with Gasteiger partial charge in [-0.25, -0.2) is 8.42 Å². The fourth-order valence-corrected chi connectivity index (χ4v) is 4.94. The number of hydrogen-bond acceptors (Lipinski definition) is 6. The molecule has 1 aliphatic rings. The smallest absolute Gasteiger partial charge is 0.322 e. The number of nitrogens with zero attached hydrogens (tertiary/aromatic N) is 2. The van der Waals surface area contributed by atoms with E-state index in [-0.39, 0.29) is 11.6 Å². The Hall–Kier alpha value is -1.72. The van der Waals surface area contributed by atoms with E-state index in [1.807, 2.05) is 0 Å². The molecule has 1 saturated heterocycles. The average Bonchev–Trinajstić information content (AvgIpc) is 2.88. The molecule has 0 spiro atoms. The maximum absolute atomic E-state index is 13.2. The number of halogens is 1. The van der Waals surface area contributed by atoms with E-state index < -0.39 is 43.4 Å². The number of rotatable bonds is 4. The molecule has 8 nitrogen and oxygen atoms in total.